The van der Waals surface area contributed by atoms with Crippen LogP contribution in [0.5, 0.6) is 0 Å². The van der Waals surface area contributed by atoms with Gasteiger partial charge in [0.25, 0.3) is 0 Å². The summed E-state index contributed by atoms with van der Waals surface area (Å²) in [5.41, 5.74) is -0.0224. The van der Waals surface area contributed by atoms with Crippen LogP contribution in [0.4, 0.5) is 0 Å². The van der Waals surface area contributed by atoms with Crippen LogP contribution in [-0.4, -0.2) is 24.7 Å². The molecular weight excluding hydrogens is 262 g/mol. The third kappa shape index (κ3) is 11.1. The quantitative estimate of drug-likeness (QED) is 0.372. The van der Waals surface area contributed by atoms with Crippen molar-refractivity contribution >= 4 is 0 Å². The molecule has 0 rings (SSSR count). The van der Waals surface area contributed by atoms with E-state index in [1.54, 1.807) is 0 Å². The minimum atomic E-state index is -0.620. The summed E-state index contributed by atoms with van der Waals surface area (Å²) in [4.78, 5) is 0. The van der Waals surface area contributed by atoms with Gasteiger partial charge in [0, 0.05) is 25.2 Å². The Bertz CT molecular complexity index is 230. The second-order valence-electron chi connectivity index (χ2n) is 6.87. The van der Waals surface area contributed by atoms with E-state index >= 15 is 0 Å². The molecule has 0 aromatic carbocycles. The summed E-state index contributed by atoms with van der Waals surface area (Å²) in [6.45, 7) is 14.1. The van der Waals surface area contributed by atoms with E-state index in [1.807, 2.05) is 13.8 Å². The van der Waals surface area contributed by atoms with Gasteiger partial charge >= 0.3 is 0 Å². The van der Waals surface area contributed by atoms with Crippen molar-refractivity contribution < 1.29 is 9.47 Å². The maximum Gasteiger partial charge on any atom is 0.227 e. The number of unbranched alkanes of at least 4 members (excludes halogenated alkanes) is 6. The molecule has 0 saturated carbocycles. The van der Waals surface area contributed by atoms with Gasteiger partial charge in [-0.25, -0.2) is 0 Å². The van der Waals surface area contributed by atoms with Crippen molar-refractivity contribution in [2.45, 2.75) is 104 Å². The lowest BCUT2D eigenvalue weighted by Gasteiger charge is -2.39. The minimum absolute atomic E-state index is 0.0224. The van der Waals surface area contributed by atoms with Crippen LogP contribution in [0, 0.1) is 0 Å². The predicted octanol–water partition coefficient (Wildman–Crippen LogP) is 5.24. The Balaban J connectivity index is 4.25. The smallest absolute Gasteiger partial charge is 0.227 e. The normalized spacial score (nSPS) is 12.9. The first-order valence-electron chi connectivity index (χ1n) is 8.96. The fourth-order valence-corrected chi connectivity index (χ4v) is 2.67. The molecule has 1 N–H and O–H groups in total. The topological polar surface area (TPSA) is 30.5 Å². The molecule has 128 valence electrons. The molecule has 0 bridgehead atoms. The van der Waals surface area contributed by atoms with Gasteiger partial charge in [-0.15, -0.1) is 0 Å². The summed E-state index contributed by atoms with van der Waals surface area (Å²) in [7, 11) is 0. The molecule has 3 nitrogen and oxygen atoms in total. The highest BCUT2D eigenvalue weighted by molar-refractivity contribution is 4.79. The SMILES string of the molecule is CCCCCCCCCC(NC(C)(C)C)(OCC)OCC. The third-order valence-electron chi connectivity index (χ3n) is 3.43. The Morgan fingerprint density at radius 2 is 1.19 bits per heavy atom. The van der Waals surface area contributed by atoms with Gasteiger partial charge in [-0.1, -0.05) is 45.4 Å². The molecule has 0 saturated heterocycles. The molecule has 0 aromatic heterocycles. The summed E-state index contributed by atoms with van der Waals surface area (Å²) >= 11 is 0. The second kappa shape index (κ2) is 11.4. The Hall–Kier alpha value is -0.120. The highest BCUT2D eigenvalue weighted by Crippen LogP contribution is 2.23. The summed E-state index contributed by atoms with van der Waals surface area (Å²) in [5.74, 6) is -0.620. The van der Waals surface area contributed by atoms with Crippen molar-refractivity contribution in [2.24, 2.45) is 0 Å². The van der Waals surface area contributed by atoms with E-state index in [-0.39, 0.29) is 5.54 Å². The monoisotopic (exact) mass is 301 g/mol. The van der Waals surface area contributed by atoms with Crippen molar-refractivity contribution in [3.63, 3.8) is 0 Å². The molecular formula is C18H39NO2. The van der Waals surface area contributed by atoms with E-state index in [2.05, 4.69) is 33.0 Å². The first kappa shape index (κ1) is 20.9. The molecule has 0 amide bonds. The van der Waals surface area contributed by atoms with Gasteiger partial charge in [-0.3, -0.25) is 5.32 Å². The number of hydrogen-bond acceptors (Lipinski definition) is 3. The molecule has 0 aliphatic heterocycles. The van der Waals surface area contributed by atoms with Crippen LogP contribution in [0.15, 0.2) is 0 Å². The van der Waals surface area contributed by atoms with Crippen LogP contribution in [-0.2, 0) is 9.47 Å². The summed E-state index contributed by atoms with van der Waals surface area (Å²) < 4.78 is 11.9. The summed E-state index contributed by atoms with van der Waals surface area (Å²) in [6, 6.07) is 0. The highest BCUT2D eigenvalue weighted by Gasteiger charge is 2.34. The molecule has 0 heterocycles. The van der Waals surface area contributed by atoms with Gasteiger partial charge in [-0.2, -0.15) is 0 Å². The lowest BCUT2D eigenvalue weighted by atomic mass is 10.0. The molecule has 0 atom stereocenters. The van der Waals surface area contributed by atoms with Crippen LogP contribution in [0.2, 0.25) is 0 Å². The van der Waals surface area contributed by atoms with Gasteiger partial charge in [0.05, 0.1) is 0 Å². The van der Waals surface area contributed by atoms with Crippen LogP contribution in [0.1, 0.15) is 92.9 Å². The van der Waals surface area contributed by atoms with E-state index in [0.717, 1.165) is 12.8 Å². The van der Waals surface area contributed by atoms with Crippen molar-refractivity contribution in [1.29, 1.82) is 0 Å². The number of nitrogens with one attached hydrogen (secondary N) is 1. The summed E-state index contributed by atoms with van der Waals surface area (Å²) in [6.07, 6.45) is 10.1. The average Bonchev–Trinajstić information content (AvgIpc) is 2.36. The van der Waals surface area contributed by atoms with Crippen molar-refractivity contribution in [3.8, 4) is 0 Å². The zero-order valence-corrected chi connectivity index (χ0v) is 15.4. The Morgan fingerprint density at radius 1 is 0.714 bits per heavy atom. The Kier molecular flexibility index (Phi) is 11.4. The largest absolute Gasteiger partial charge is 0.338 e. The fraction of sp³-hybridized carbons (Fsp3) is 1.00. The van der Waals surface area contributed by atoms with Crippen LogP contribution in [0.3, 0.4) is 0 Å². The van der Waals surface area contributed by atoms with Gasteiger partial charge in [0.15, 0.2) is 0 Å². The first-order valence-corrected chi connectivity index (χ1v) is 8.96. The van der Waals surface area contributed by atoms with E-state index < -0.39 is 5.91 Å². The van der Waals surface area contributed by atoms with Gasteiger partial charge in [0.1, 0.15) is 0 Å². The molecule has 0 spiro atoms. The van der Waals surface area contributed by atoms with E-state index in [0.29, 0.717) is 13.2 Å². The highest BCUT2D eigenvalue weighted by atomic mass is 16.7. The van der Waals surface area contributed by atoms with Crippen molar-refractivity contribution in [2.75, 3.05) is 13.2 Å². The second-order valence-corrected chi connectivity index (χ2v) is 6.87. The first-order chi connectivity index (χ1) is 9.89. The lowest BCUT2D eigenvalue weighted by Crippen LogP contribution is -2.57. The van der Waals surface area contributed by atoms with Crippen molar-refractivity contribution in [1.82, 2.24) is 5.32 Å². The fourth-order valence-electron chi connectivity index (χ4n) is 2.67. The zero-order chi connectivity index (χ0) is 16.2. The molecule has 0 fully saturated rings. The van der Waals surface area contributed by atoms with E-state index in [9.17, 15) is 0 Å². The number of rotatable bonds is 13. The minimum Gasteiger partial charge on any atom is -0.338 e. The Labute approximate surface area is 133 Å². The maximum atomic E-state index is 5.96. The maximum absolute atomic E-state index is 5.96. The predicted molar refractivity (Wildman–Crippen MR) is 91.5 cm³/mol. The van der Waals surface area contributed by atoms with Gasteiger partial charge in [-0.05, 0) is 41.0 Å². The van der Waals surface area contributed by atoms with E-state index in [1.165, 1.54) is 38.5 Å². The molecule has 0 unspecified atom stereocenters. The standard InChI is InChI=1S/C18H39NO2/c1-7-10-11-12-13-14-15-16-18(20-8-2,21-9-3)19-17(4,5)6/h19H,7-16H2,1-6H3. The van der Waals surface area contributed by atoms with Gasteiger partial charge < -0.3 is 9.47 Å². The number of hydrogen-bond donors (Lipinski definition) is 1. The number of ether oxygens (including phenoxy) is 2. The van der Waals surface area contributed by atoms with Crippen LogP contribution >= 0.6 is 0 Å². The van der Waals surface area contributed by atoms with Crippen LogP contribution < -0.4 is 5.32 Å². The molecule has 0 aliphatic rings. The average molecular weight is 302 g/mol. The third-order valence-corrected chi connectivity index (χ3v) is 3.43. The molecule has 0 radical (unpaired) electrons. The summed E-state index contributed by atoms with van der Waals surface area (Å²) in [5, 5.41) is 3.54. The zero-order valence-electron chi connectivity index (χ0n) is 15.4. The Morgan fingerprint density at radius 3 is 1.62 bits per heavy atom. The lowest BCUT2D eigenvalue weighted by molar-refractivity contribution is -0.265. The molecule has 3 heteroatoms. The van der Waals surface area contributed by atoms with Gasteiger partial charge in [0.2, 0.25) is 5.91 Å². The molecule has 0 aromatic rings. The van der Waals surface area contributed by atoms with Crippen LogP contribution in [0.25, 0.3) is 0 Å². The van der Waals surface area contributed by atoms with Crippen molar-refractivity contribution in [3.05, 3.63) is 0 Å². The molecule has 21 heavy (non-hydrogen) atoms. The molecule has 0 aliphatic carbocycles. The van der Waals surface area contributed by atoms with E-state index in [4.69, 9.17) is 9.47 Å².